The summed E-state index contributed by atoms with van der Waals surface area (Å²) < 4.78 is 5.26. The first-order chi connectivity index (χ1) is 8.02. The van der Waals surface area contributed by atoms with Gasteiger partial charge in [-0.3, -0.25) is 4.79 Å². The smallest absolute Gasteiger partial charge is 0.303 e. The standard InChI is InChI=1S/C14H20O3/c1-10(2)12-7-11(5-4-6-14(15)16)8-13(9-12)17-3/h7-10H,4-6H2,1-3H3,(H,15,16). The van der Waals surface area contributed by atoms with Crippen LogP contribution in [0.2, 0.25) is 0 Å². The topological polar surface area (TPSA) is 46.5 Å². The van der Waals surface area contributed by atoms with E-state index in [2.05, 4.69) is 19.9 Å². The highest BCUT2D eigenvalue weighted by molar-refractivity contribution is 5.66. The first-order valence-corrected chi connectivity index (χ1v) is 5.92. The Morgan fingerprint density at radius 2 is 2.06 bits per heavy atom. The predicted molar refractivity (Wildman–Crippen MR) is 67.7 cm³/mol. The van der Waals surface area contributed by atoms with Crippen LogP contribution in [0.3, 0.4) is 0 Å². The lowest BCUT2D eigenvalue weighted by atomic mass is 9.98. The summed E-state index contributed by atoms with van der Waals surface area (Å²) in [6.45, 7) is 4.27. The Morgan fingerprint density at radius 1 is 1.35 bits per heavy atom. The molecule has 0 saturated heterocycles. The maximum atomic E-state index is 10.5. The average Bonchev–Trinajstić information content (AvgIpc) is 2.28. The number of rotatable bonds is 6. The van der Waals surface area contributed by atoms with E-state index in [1.165, 1.54) is 5.56 Å². The molecule has 3 heteroatoms. The Bertz CT molecular complexity index is 383. The zero-order valence-electron chi connectivity index (χ0n) is 10.7. The number of benzene rings is 1. The van der Waals surface area contributed by atoms with Crippen LogP contribution in [0.25, 0.3) is 0 Å². The number of carbonyl (C=O) groups is 1. The third-order valence-electron chi connectivity index (χ3n) is 2.75. The van der Waals surface area contributed by atoms with Crippen molar-refractivity contribution in [3.63, 3.8) is 0 Å². The lowest BCUT2D eigenvalue weighted by Gasteiger charge is -2.11. The van der Waals surface area contributed by atoms with Gasteiger partial charge in [0.25, 0.3) is 0 Å². The second-order valence-corrected chi connectivity index (χ2v) is 4.52. The van der Waals surface area contributed by atoms with E-state index in [9.17, 15) is 4.79 Å². The molecule has 0 aromatic heterocycles. The van der Waals surface area contributed by atoms with Gasteiger partial charge in [-0.1, -0.05) is 19.9 Å². The summed E-state index contributed by atoms with van der Waals surface area (Å²) in [6, 6.07) is 6.15. The van der Waals surface area contributed by atoms with Crippen LogP contribution in [0, 0.1) is 0 Å². The van der Waals surface area contributed by atoms with E-state index in [0.29, 0.717) is 12.3 Å². The third kappa shape index (κ3) is 4.47. The van der Waals surface area contributed by atoms with E-state index in [4.69, 9.17) is 9.84 Å². The van der Waals surface area contributed by atoms with Gasteiger partial charge in [0.05, 0.1) is 7.11 Å². The number of methoxy groups -OCH3 is 1. The minimum absolute atomic E-state index is 0.216. The molecule has 0 atom stereocenters. The number of aryl methyl sites for hydroxylation is 1. The molecular formula is C14H20O3. The molecular weight excluding hydrogens is 216 g/mol. The molecule has 17 heavy (non-hydrogen) atoms. The summed E-state index contributed by atoms with van der Waals surface area (Å²) in [5, 5.41) is 8.61. The maximum absolute atomic E-state index is 10.5. The van der Waals surface area contributed by atoms with Crippen molar-refractivity contribution >= 4 is 5.97 Å². The SMILES string of the molecule is COc1cc(CCCC(=O)O)cc(C(C)C)c1. The van der Waals surface area contributed by atoms with Crippen molar-refractivity contribution < 1.29 is 14.6 Å². The zero-order chi connectivity index (χ0) is 12.8. The minimum atomic E-state index is -0.739. The number of carboxylic acid groups (broad SMARTS) is 1. The summed E-state index contributed by atoms with van der Waals surface area (Å²) in [7, 11) is 1.65. The molecule has 0 saturated carbocycles. The van der Waals surface area contributed by atoms with Gasteiger partial charge in [0, 0.05) is 6.42 Å². The van der Waals surface area contributed by atoms with Crippen LogP contribution in [0.5, 0.6) is 5.75 Å². The molecule has 0 aliphatic rings. The van der Waals surface area contributed by atoms with Crippen molar-refractivity contribution in [2.45, 2.75) is 39.0 Å². The van der Waals surface area contributed by atoms with Crippen molar-refractivity contribution in [1.82, 2.24) is 0 Å². The van der Waals surface area contributed by atoms with Gasteiger partial charge in [0.2, 0.25) is 0 Å². The second kappa shape index (κ2) is 6.28. The minimum Gasteiger partial charge on any atom is -0.497 e. The lowest BCUT2D eigenvalue weighted by Crippen LogP contribution is -1.98. The highest BCUT2D eigenvalue weighted by Gasteiger charge is 2.05. The predicted octanol–water partition coefficient (Wildman–Crippen LogP) is 3.23. The molecule has 0 radical (unpaired) electrons. The van der Waals surface area contributed by atoms with E-state index in [1.54, 1.807) is 7.11 Å². The van der Waals surface area contributed by atoms with Crippen LogP contribution in [-0.4, -0.2) is 18.2 Å². The molecule has 3 nitrogen and oxygen atoms in total. The molecule has 1 aromatic carbocycles. The molecule has 0 spiro atoms. The largest absolute Gasteiger partial charge is 0.497 e. The Kier molecular flexibility index (Phi) is 5.01. The van der Waals surface area contributed by atoms with E-state index >= 15 is 0 Å². The van der Waals surface area contributed by atoms with Crippen molar-refractivity contribution in [1.29, 1.82) is 0 Å². The van der Waals surface area contributed by atoms with Crippen molar-refractivity contribution in [3.05, 3.63) is 29.3 Å². The number of aliphatic carboxylic acids is 1. The molecule has 0 amide bonds. The second-order valence-electron chi connectivity index (χ2n) is 4.52. The maximum Gasteiger partial charge on any atom is 0.303 e. The fourth-order valence-corrected chi connectivity index (χ4v) is 1.73. The molecule has 0 aliphatic heterocycles. The van der Waals surface area contributed by atoms with Gasteiger partial charge < -0.3 is 9.84 Å². The molecule has 0 unspecified atom stereocenters. The quantitative estimate of drug-likeness (QED) is 0.824. The zero-order valence-corrected chi connectivity index (χ0v) is 10.7. The van der Waals surface area contributed by atoms with Crippen LogP contribution in [-0.2, 0) is 11.2 Å². The molecule has 0 aliphatic carbocycles. The first kappa shape index (κ1) is 13.6. The number of ether oxygens (including phenoxy) is 1. The molecule has 94 valence electrons. The van der Waals surface area contributed by atoms with Gasteiger partial charge in [-0.05, 0) is 42.0 Å². The van der Waals surface area contributed by atoms with Gasteiger partial charge in [-0.15, -0.1) is 0 Å². The number of hydrogen-bond donors (Lipinski definition) is 1. The fraction of sp³-hybridized carbons (Fsp3) is 0.500. The van der Waals surface area contributed by atoms with E-state index < -0.39 is 5.97 Å². The molecule has 1 rings (SSSR count). The van der Waals surface area contributed by atoms with Crippen LogP contribution in [0.4, 0.5) is 0 Å². The lowest BCUT2D eigenvalue weighted by molar-refractivity contribution is -0.137. The number of carboxylic acids is 1. The fourth-order valence-electron chi connectivity index (χ4n) is 1.73. The summed E-state index contributed by atoms with van der Waals surface area (Å²) in [4.78, 5) is 10.5. The summed E-state index contributed by atoms with van der Waals surface area (Å²) in [5.74, 6) is 0.557. The first-order valence-electron chi connectivity index (χ1n) is 5.92. The van der Waals surface area contributed by atoms with Crippen LogP contribution < -0.4 is 4.74 Å². The average molecular weight is 236 g/mol. The summed E-state index contributed by atoms with van der Waals surface area (Å²) >= 11 is 0. The normalized spacial score (nSPS) is 10.6. The molecule has 1 N–H and O–H groups in total. The van der Waals surface area contributed by atoms with Crippen LogP contribution >= 0.6 is 0 Å². The molecule has 0 bridgehead atoms. The molecule has 0 fully saturated rings. The Labute approximate surface area is 102 Å². The Morgan fingerprint density at radius 3 is 2.59 bits per heavy atom. The van der Waals surface area contributed by atoms with Crippen molar-refractivity contribution in [2.24, 2.45) is 0 Å². The summed E-state index contributed by atoms with van der Waals surface area (Å²) in [5.41, 5.74) is 2.38. The van der Waals surface area contributed by atoms with Crippen LogP contribution in [0.15, 0.2) is 18.2 Å². The van der Waals surface area contributed by atoms with Crippen molar-refractivity contribution in [2.75, 3.05) is 7.11 Å². The third-order valence-corrected chi connectivity index (χ3v) is 2.75. The molecule has 1 aromatic rings. The van der Waals surface area contributed by atoms with E-state index in [1.807, 2.05) is 12.1 Å². The summed E-state index contributed by atoms with van der Waals surface area (Å²) in [6.07, 6.45) is 1.66. The highest BCUT2D eigenvalue weighted by Crippen LogP contribution is 2.23. The van der Waals surface area contributed by atoms with E-state index in [-0.39, 0.29) is 6.42 Å². The Hall–Kier alpha value is -1.51. The molecule has 0 heterocycles. The van der Waals surface area contributed by atoms with E-state index in [0.717, 1.165) is 17.7 Å². The van der Waals surface area contributed by atoms with Gasteiger partial charge in [-0.2, -0.15) is 0 Å². The highest BCUT2D eigenvalue weighted by atomic mass is 16.5. The monoisotopic (exact) mass is 236 g/mol. The van der Waals surface area contributed by atoms with Crippen LogP contribution in [0.1, 0.15) is 43.7 Å². The van der Waals surface area contributed by atoms with Crippen molar-refractivity contribution in [3.8, 4) is 5.75 Å². The van der Waals surface area contributed by atoms with Gasteiger partial charge in [0.1, 0.15) is 5.75 Å². The van der Waals surface area contributed by atoms with Gasteiger partial charge in [-0.25, -0.2) is 0 Å². The Balaban J connectivity index is 2.76. The number of hydrogen-bond acceptors (Lipinski definition) is 2. The van der Waals surface area contributed by atoms with Gasteiger partial charge in [0.15, 0.2) is 0 Å². The van der Waals surface area contributed by atoms with Gasteiger partial charge >= 0.3 is 5.97 Å².